The molecule has 3 rings (SSSR count). The molecule has 1 fully saturated rings. The maximum atomic E-state index is 11.9. The molecule has 1 aromatic heterocycles. The van der Waals surface area contributed by atoms with Gasteiger partial charge in [0, 0.05) is 46.4 Å². The highest BCUT2D eigenvalue weighted by atomic mass is 16.5. The summed E-state index contributed by atoms with van der Waals surface area (Å²) in [5, 5.41) is 2.74. The Morgan fingerprint density at radius 1 is 1.12 bits per heavy atom. The van der Waals surface area contributed by atoms with Gasteiger partial charge in [0.15, 0.2) is 0 Å². The molecule has 0 atom stereocenters. The van der Waals surface area contributed by atoms with E-state index in [1.807, 2.05) is 6.07 Å². The highest BCUT2D eigenvalue weighted by molar-refractivity contribution is 5.91. The summed E-state index contributed by atoms with van der Waals surface area (Å²) >= 11 is 0. The molecule has 7 heteroatoms. The highest BCUT2D eigenvalue weighted by Crippen LogP contribution is 2.14. The van der Waals surface area contributed by atoms with Crippen molar-refractivity contribution in [3.63, 3.8) is 0 Å². The van der Waals surface area contributed by atoms with Crippen LogP contribution < -0.4 is 10.2 Å². The molecule has 1 N–H and O–H groups in total. The molecule has 0 aliphatic carbocycles. The zero-order chi connectivity index (χ0) is 18.2. The first-order valence-corrected chi connectivity index (χ1v) is 8.86. The van der Waals surface area contributed by atoms with E-state index in [0.717, 1.165) is 38.5 Å². The molecule has 0 saturated carbocycles. The fourth-order valence-corrected chi connectivity index (χ4v) is 2.94. The number of methoxy groups -OCH3 is 1. The average molecular weight is 355 g/mol. The fourth-order valence-electron chi connectivity index (χ4n) is 2.94. The van der Waals surface area contributed by atoms with Gasteiger partial charge in [0.1, 0.15) is 11.5 Å². The topological polar surface area (TPSA) is 70.6 Å². The monoisotopic (exact) mass is 355 g/mol. The molecule has 0 bridgehead atoms. The van der Waals surface area contributed by atoms with Gasteiger partial charge in [0.2, 0.25) is 0 Å². The lowest BCUT2D eigenvalue weighted by molar-refractivity contribution is 0.0931. The van der Waals surface area contributed by atoms with Crippen LogP contribution in [0.5, 0.6) is 0 Å². The van der Waals surface area contributed by atoms with E-state index in [0.29, 0.717) is 18.8 Å². The zero-order valence-electron chi connectivity index (χ0n) is 15.1. The second-order valence-corrected chi connectivity index (χ2v) is 6.26. The molecule has 0 radical (unpaired) electrons. The number of hydrogen-bond acceptors (Lipinski definition) is 6. The van der Waals surface area contributed by atoms with Crippen molar-refractivity contribution in [1.82, 2.24) is 20.2 Å². The largest absolute Gasteiger partial charge is 0.383 e. The number of anilines is 1. The second-order valence-electron chi connectivity index (χ2n) is 6.26. The molecule has 1 aliphatic heterocycles. The van der Waals surface area contributed by atoms with Crippen LogP contribution in [0.3, 0.4) is 0 Å². The van der Waals surface area contributed by atoms with E-state index in [1.165, 1.54) is 11.8 Å². The third kappa shape index (κ3) is 5.00. The first kappa shape index (κ1) is 18.3. The molecule has 2 heterocycles. The quantitative estimate of drug-likeness (QED) is 0.752. The fraction of sp³-hybridized carbons (Fsp3) is 0.421. The van der Waals surface area contributed by atoms with Crippen molar-refractivity contribution in [3.8, 4) is 0 Å². The predicted octanol–water partition coefficient (Wildman–Crippen LogP) is 1.17. The lowest BCUT2D eigenvalue weighted by Crippen LogP contribution is -2.46. The summed E-state index contributed by atoms with van der Waals surface area (Å²) in [6.07, 6.45) is 3.21. The van der Waals surface area contributed by atoms with Gasteiger partial charge in [-0.15, -0.1) is 0 Å². The maximum absolute atomic E-state index is 11.9. The van der Waals surface area contributed by atoms with Crippen LogP contribution in [0.2, 0.25) is 0 Å². The second kappa shape index (κ2) is 9.26. The number of nitrogens with one attached hydrogen (secondary N) is 1. The molecular formula is C19H25N5O2. The van der Waals surface area contributed by atoms with Crippen LogP contribution in [-0.4, -0.2) is 67.2 Å². The molecule has 1 saturated heterocycles. The van der Waals surface area contributed by atoms with Gasteiger partial charge in [-0.2, -0.15) is 0 Å². The lowest BCUT2D eigenvalue weighted by atomic mass is 10.2. The molecule has 1 amide bonds. The third-order valence-electron chi connectivity index (χ3n) is 4.41. The van der Waals surface area contributed by atoms with Gasteiger partial charge in [0.05, 0.1) is 19.0 Å². The molecular weight excluding hydrogens is 330 g/mol. The Morgan fingerprint density at radius 2 is 1.88 bits per heavy atom. The van der Waals surface area contributed by atoms with Crippen molar-refractivity contribution in [2.24, 2.45) is 0 Å². The molecule has 0 spiro atoms. The average Bonchev–Trinajstić information content (AvgIpc) is 2.70. The molecule has 1 aromatic carbocycles. The summed E-state index contributed by atoms with van der Waals surface area (Å²) in [5.74, 6) is 0.589. The molecule has 7 nitrogen and oxygen atoms in total. The van der Waals surface area contributed by atoms with Crippen molar-refractivity contribution < 1.29 is 9.53 Å². The molecule has 1 aliphatic rings. The Hall–Kier alpha value is -2.51. The summed E-state index contributed by atoms with van der Waals surface area (Å²) in [6.45, 7) is 5.68. The minimum Gasteiger partial charge on any atom is -0.383 e. The summed E-state index contributed by atoms with van der Waals surface area (Å²) in [6, 6.07) is 10.5. The third-order valence-corrected chi connectivity index (χ3v) is 4.41. The van der Waals surface area contributed by atoms with Gasteiger partial charge in [-0.25, -0.2) is 9.97 Å². The maximum Gasteiger partial charge on any atom is 0.271 e. The Balaban J connectivity index is 1.49. The Bertz CT molecular complexity index is 685. The van der Waals surface area contributed by atoms with Gasteiger partial charge in [0.25, 0.3) is 5.91 Å². The van der Waals surface area contributed by atoms with Gasteiger partial charge in [-0.05, 0) is 5.56 Å². The lowest BCUT2D eigenvalue weighted by Gasteiger charge is -2.35. The normalized spacial score (nSPS) is 15.0. The van der Waals surface area contributed by atoms with Gasteiger partial charge in [-0.1, -0.05) is 30.3 Å². The number of aromatic nitrogens is 2. The van der Waals surface area contributed by atoms with Crippen LogP contribution in [-0.2, 0) is 11.3 Å². The number of carbonyl (C=O) groups excluding carboxylic acids is 1. The van der Waals surface area contributed by atoms with Crippen LogP contribution in [0.25, 0.3) is 0 Å². The Kier molecular flexibility index (Phi) is 6.51. The van der Waals surface area contributed by atoms with Crippen molar-refractivity contribution in [2.45, 2.75) is 6.54 Å². The number of nitrogens with zero attached hydrogens (tertiary/aromatic N) is 4. The summed E-state index contributed by atoms with van der Waals surface area (Å²) in [7, 11) is 1.60. The van der Waals surface area contributed by atoms with Crippen LogP contribution in [0.1, 0.15) is 16.1 Å². The van der Waals surface area contributed by atoms with Crippen LogP contribution in [0, 0.1) is 0 Å². The number of rotatable bonds is 7. The molecule has 0 unspecified atom stereocenters. The van der Waals surface area contributed by atoms with Crippen molar-refractivity contribution in [2.75, 3.05) is 51.3 Å². The van der Waals surface area contributed by atoms with Crippen LogP contribution >= 0.6 is 0 Å². The first-order valence-electron chi connectivity index (χ1n) is 8.86. The van der Waals surface area contributed by atoms with Crippen LogP contribution in [0.4, 0.5) is 5.82 Å². The number of hydrogen-bond donors (Lipinski definition) is 1. The number of benzene rings is 1. The van der Waals surface area contributed by atoms with Gasteiger partial charge >= 0.3 is 0 Å². The van der Waals surface area contributed by atoms with Crippen molar-refractivity contribution in [3.05, 3.63) is 54.0 Å². The number of carbonyl (C=O) groups is 1. The summed E-state index contributed by atoms with van der Waals surface area (Å²) in [5.41, 5.74) is 1.66. The molecule has 2 aromatic rings. The first-order chi connectivity index (χ1) is 12.8. The van der Waals surface area contributed by atoms with E-state index in [2.05, 4.69) is 49.4 Å². The summed E-state index contributed by atoms with van der Waals surface area (Å²) in [4.78, 5) is 25.2. The number of ether oxygens (including phenoxy) is 1. The van der Waals surface area contributed by atoms with E-state index >= 15 is 0 Å². The van der Waals surface area contributed by atoms with Gasteiger partial charge < -0.3 is 15.0 Å². The van der Waals surface area contributed by atoms with E-state index < -0.39 is 0 Å². The Morgan fingerprint density at radius 3 is 2.54 bits per heavy atom. The highest BCUT2D eigenvalue weighted by Gasteiger charge is 2.19. The van der Waals surface area contributed by atoms with E-state index in [1.54, 1.807) is 13.3 Å². The van der Waals surface area contributed by atoms with Crippen molar-refractivity contribution in [1.29, 1.82) is 0 Å². The molecule has 138 valence electrons. The van der Waals surface area contributed by atoms with E-state index in [9.17, 15) is 4.79 Å². The standard InChI is InChI=1S/C19H25N5O2/c1-26-12-7-20-19(25)17-13-22-18(14-21-17)24-10-8-23(9-11-24)15-16-5-3-2-4-6-16/h2-6,13-14H,7-12,15H2,1H3,(H,20,25). The Labute approximate surface area is 154 Å². The molecule has 26 heavy (non-hydrogen) atoms. The van der Waals surface area contributed by atoms with Crippen LogP contribution in [0.15, 0.2) is 42.7 Å². The SMILES string of the molecule is COCCNC(=O)c1cnc(N2CCN(Cc3ccccc3)CC2)cn1. The van der Waals surface area contributed by atoms with E-state index in [-0.39, 0.29) is 5.91 Å². The zero-order valence-corrected chi connectivity index (χ0v) is 15.1. The minimum atomic E-state index is -0.228. The number of amides is 1. The minimum absolute atomic E-state index is 0.228. The smallest absolute Gasteiger partial charge is 0.271 e. The van der Waals surface area contributed by atoms with Gasteiger partial charge in [-0.3, -0.25) is 9.69 Å². The predicted molar refractivity (Wildman–Crippen MR) is 100 cm³/mol. The number of piperazine rings is 1. The summed E-state index contributed by atoms with van der Waals surface area (Å²) < 4.78 is 4.91. The van der Waals surface area contributed by atoms with E-state index in [4.69, 9.17) is 4.74 Å². The van der Waals surface area contributed by atoms with Crippen molar-refractivity contribution >= 4 is 11.7 Å².